The van der Waals surface area contributed by atoms with Gasteiger partial charge >= 0.3 is 0 Å². The Morgan fingerprint density at radius 2 is 1.56 bits per heavy atom. The van der Waals surface area contributed by atoms with Crippen molar-refractivity contribution < 1.29 is 9.18 Å². The van der Waals surface area contributed by atoms with Crippen LogP contribution in [0.3, 0.4) is 0 Å². The van der Waals surface area contributed by atoms with Crippen molar-refractivity contribution in [1.82, 2.24) is 19.9 Å². The summed E-state index contributed by atoms with van der Waals surface area (Å²) in [5.74, 6) is -0.398. The maximum atomic E-state index is 13.1. The monoisotopic (exact) mass is 385 g/mol. The summed E-state index contributed by atoms with van der Waals surface area (Å²) >= 11 is 5.89. The van der Waals surface area contributed by atoms with Gasteiger partial charge in [0.15, 0.2) is 5.69 Å². The topological polar surface area (TPSA) is 54.3 Å². The molecule has 0 aliphatic carbocycles. The second-order valence-corrected chi connectivity index (χ2v) is 6.72. The largest absolute Gasteiger partial charge is 0.368 e. The number of nitrogens with zero attached hydrogens (tertiary/aromatic N) is 5. The van der Waals surface area contributed by atoms with Crippen molar-refractivity contribution in [1.29, 1.82) is 0 Å². The molecule has 6 nitrogen and oxygen atoms in total. The van der Waals surface area contributed by atoms with Crippen molar-refractivity contribution in [3.63, 3.8) is 0 Å². The number of carbonyl (C=O) groups is 1. The van der Waals surface area contributed by atoms with Gasteiger partial charge in [0.05, 0.1) is 11.9 Å². The first kappa shape index (κ1) is 17.5. The fourth-order valence-electron chi connectivity index (χ4n) is 3.06. The Hall–Kier alpha value is -2.93. The molecule has 4 rings (SSSR count). The molecule has 27 heavy (non-hydrogen) atoms. The molecule has 0 bridgehead atoms. The molecule has 1 amide bonds. The molecule has 1 aliphatic rings. The fraction of sp³-hybridized carbons (Fsp3) is 0.211. The van der Waals surface area contributed by atoms with Crippen molar-refractivity contribution in [2.24, 2.45) is 0 Å². The quantitative estimate of drug-likeness (QED) is 0.695. The molecule has 0 unspecified atom stereocenters. The smallest absolute Gasteiger partial charge is 0.276 e. The van der Waals surface area contributed by atoms with Gasteiger partial charge < -0.3 is 9.80 Å². The molecule has 0 saturated carbocycles. The maximum Gasteiger partial charge on any atom is 0.276 e. The molecule has 2 aromatic carbocycles. The van der Waals surface area contributed by atoms with Gasteiger partial charge in [-0.25, -0.2) is 9.07 Å². The molecule has 1 saturated heterocycles. The van der Waals surface area contributed by atoms with Crippen LogP contribution in [0.1, 0.15) is 10.5 Å². The number of benzene rings is 2. The van der Waals surface area contributed by atoms with Crippen molar-refractivity contribution in [2.75, 3.05) is 31.1 Å². The van der Waals surface area contributed by atoms with Gasteiger partial charge in [0, 0.05) is 36.9 Å². The van der Waals surface area contributed by atoms with Crippen LogP contribution in [0.25, 0.3) is 5.69 Å². The number of hydrogen-bond donors (Lipinski definition) is 0. The van der Waals surface area contributed by atoms with Crippen LogP contribution in [-0.4, -0.2) is 52.0 Å². The SMILES string of the molecule is O=C(c1cn(-c2ccc(Cl)cc2)nn1)N1CCN(c2ccc(F)cc2)CC1. The van der Waals surface area contributed by atoms with E-state index in [1.54, 1.807) is 40.0 Å². The van der Waals surface area contributed by atoms with Gasteiger partial charge in [0.2, 0.25) is 0 Å². The Labute approximate surface area is 160 Å². The number of aromatic nitrogens is 3. The van der Waals surface area contributed by atoms with Gasteiger partial charge in [-0.2, -0.15) is 0 Å². The summed E-state index contributed by atoms with van der Waals surface area (Å²) < 4.78 is 14.6. The molecule has 2 heterocycles. The lowest BCUT2D eigenvalue weighted by atomic mass is 10.2. The third kappa shape index (κ3) is 3.78. The molecule has 3 aromatic rings. The molecular weight excluding hydrogens is 369 g/mol. The Morgan fingerprint density at radius 1 is 0.926 bits per heavy atom. The third-order valence-electron chi connectivity index (χ3n) is 4.56. The zero-order valence-electron chi connectivity index (χ0n) is 14.4. The van der Waals surface area contributed by atoms with Crippen LogP contribution < -0.4 is 4.90 Å². The highest BCUT2D eigenvalue weighted by Gasteiger charge is 2.24. The van der Waals surface area contributed by atoms with E-state index in [-0.39, 0.29) is 11.7 Å². The van der Waals surface area contributed by atoms with E-state index in [1.807, 2.05) is 12.1 Å². The molecule has 8 heteroatoms. The number of halogens is 2. The summed E-state index contributed by atoms with van der Waals surface area (Å²) in [5, 5.41) is 8.68. The van der Waals surface area contributed by atoms with Crippen LogP contribution in [0, 0.1) is 5.82 Å². The van der Waals surface area contributed by atoms with Gasteiger partial charge in [-0.15, -0.1) is 5.10 Å². The van der Waals surface area contributed by atoms with E-state index in [0.717, 1.165) is 11.4 Å². The summed E-state index contributed by atoms with van der Waals surface area (Å²) in [6.07, 6.45) is 1.62. The third-order valence-corrected chi connectivity index (χ3v) is 4.81. The highest BCUT2D eigenvalue weighted by molar-refractivity contribution is 6.30. The predicted molar refractivity (Wildman–Crippen MR) is 101 cm³/mol. The summed E-state index contributed by atoms with van der Waals surface area (Å²) in [7, 11) is 0. The highest BCUT2D eigenvalue weighted by atomic mass is 35.5. The second kappa shape index (κ2) is 7.36. The van der Waals surface area contributed by atoms with E-state index >= 15 is 0 Å². The zero-order chi connectivity index (χ0) is 18.8. The van der Waals surface area contributed by atoms with Gasteiger partial charge in [-0.05, 0) is 48.5 Å². The minimum absolute atomic E-state index is 0.144. The lowest BCUT2D eigenvalue weighted by Gasteiger charge is -2.35. The molecule has 138 valence electrons. The summed E-state index contributed by atoms with van der Waals surface area (Å²) in [4.78, 5) is 16.6. The van der Waals surface area contributed by atoms with E-state index < -0.39 is 0 Å². The second-order valence-electron chi connectivity index (χ2n) is 6.28. The van der Waals surface area contributed by atoms with Gasteiger partial charge in [0.25, 0.3) is 5.91 Å². The maximum absolute atomic E-state index is 13.1. The van der Waals surface area contributed by atoms with Gasteiger partial charge in [-0.3, -0.25) is 4.79 Å². The minimum Gasteiger partial charge on any atom is -0.368 e. The number of rotatable bonds is 3. The average molecular weight is 386 g/mol. The van der Waals surface area contributed by atoms with Crippen LogP contribution in [0.5, 0.6) is 0 Å². The van der Waals surface area contributed by atoms with Crippen molar-refractivity contribution >= 4 is 23.2 Å². The molecule has 1 aromatic heterocycles. The standard InChI is InChI=1S/C19H17ClFN5O/c20-14-1-5-17(6-2-14)26-13-18(22-23-26)19(27)25-11-9-24(10-12-25)16-7-3-15(21)4-8-16/h1-8,13H,9-12H2. The van der Waals surface area contributed by atoms with E-state index in [0.29, 0.717) is 36.9 Å². The van der Waals surface area contributed by atoms with E-state index in [4.69, 9.17) is 11.6 Å². The summed E-state index contributed by atoms with van der Waals surface area (Å²) in [6.45, 7) is 2.51. The Morgan fingerprint density at radius 3 is 2.22 bits per heavy atom. The fourth-order valence-corrected chi connectivity index (χ4v) is 3.19. The van der Waals surface area contributed by atoms with Crippen LogP contribution >= 0.6 is 11.6 Å². The lowest BCUT2D eigenvalue weighted by molar-refractivity contribution is 0.0741. The van der Waals surface area contributed by atoms with Crippen LogP contribution in [0.2, 0.25) is 5.02 Å². The first-order valence-electron chi connectivity index (χ1n) is 8.58. The lowest BCUT2D eigenvalue weighted by Crippen LogP contribution is -2.48. The number of anilines is 1. The van der Waals surface area contributed by atoms with E-state index in [2.05, 4.69) is 15.2 Å². The molecule has 0 atom stereocenters. The highest BCUT2D eigenvalue weighted by Crippen LogP contribution is 2.18. The first-order chi connectivity index (χ1) is 13.1. The summed E-state index contributed by atoms with van der Waals surface area (Å²) in [6, 6.07) is 13.5. The number of piperazine rings is 1. The van der Waals surface area contributed by atoms with Crippen LogP contribution in [-0.2, 0) is 0 Å². The molecule has 0 spiro atoms. The molecule has 0 N–H and O–H groups in total. The van der Waals surface area contributed by atoms with Gasteiger partial charge in [0.1, 0.15) is 5.82 Å². The molecule has 1 aliphatic heterocycles. The normalized spacial score (nSPS) is 14.4. The van der Waals surface area contributed by atoms with E-state index in [1.165, 1.54) is 12.1 Å². The Kier molecular flexibility index (Phi) is 4.77. The minimum atomic E-state index is -0.253. The van der Waals surface area contributed by atoms with Crippen molar-refractivity contribution in [2.45, 2.75) is 0 Å². The average Bonchev–Trinajstić information content (AvgIpc) is 3.19. The first-order valence-corrected chi connectivity index (χ1v) is 8.96. The van der Waals surface area contributed by atoms with Crippen molar-refractivity contribution in [3.05, 3.63) is 71.3 Å². The Bertz CT molecular complexity index is 933. The van der Waals surface area contributed by atoms with Crippen molar-refractivity contribution in [3.8, 4) is 5.69 Å². The number of carbonyl (C=O) groups excluding carboxylic acids is 1. The van der Waals surface area contributed by atoms with E-state index in [9.17, 15) is 9.18 Å². The van der Waals surface area contributed by atoms with Crippen LogP contribution in [0.15, 0.2) is 54.7 Å². The Balaban J connectivity index is 1.41. The number of hydrogen-bond acceptors (Lipinski definition) is 4. The molecule has 1 fully saturated rings. The van der Waals surface area contributed by atoms with Gasteiger partial charge in [-0.1, -0.05) is 16.8 Å². The zero-order valence-corrected chi connectivity index (χ0v) is 15.2. The molecular formula is C19H17ClFN5O. The predicted octanol–water partition coefficient (Wildman–Crippen LogP) is 3.02. The van der Waals surface area contributed by atoms with Crippen LogP contribution in [0.4, 0.5) is 10.1 Å². The molecule has 0 radical (unpaired) electrons. The summed E-state index contributed by atoms with van der Waals surface area (Å²) in [5.41, 5.74) is 2.05. The number of amides is 1.